The second-order valence-corrected chi connectivity index (χ2v) is 8.14. The van der Waals surface area contributed by atoms with Gasteiger partial charge in [0, 0.05) is 28.4 Å². The number of carbonyl (C=O) groups excluding carboxylic acids is 2. The summed E-state index contributed by atoms with van der Waals surface area (Å²) in [5.41, 5.74) is 1.03. The molecule has 6 nitrogen and oxygen atoms in total. The third kappa shape index (κ3) is 6.65. The molecule has 0 fully saturated rings. The van der Waals surface area contributed by atoms with Gasteiger partial charge in [-0.1, -0.05) is 22.0 Å². The zero-order valence-electron chi connectivity index (χ0n) is 16.5. The standard InChI is InChI=1S/C21H25BrN2O4/c1-21(2,3)24-19(25)14-6-5-7-16(12-14)23-20(26)17-13-15(22)8-9-18(17)28-11-10-27-4/h5-9,12-13H,10-11H2,1-4H3,(H,23,26)(H,24,25). The largest absolute Gasteiger partial charge is 0.490 e. The van der Waals surface area contributed by atoms with E-state index < -0.39 is 0 Å². The van der Waals surface area contributed by atoms with Gasteiger partial charge in [0.25, 0.3) is 11.8 Å². The summed E-state index contributed by atoms with van der Waals surface area (Å²) in [5, 5.41) is 5.73. The van der Waals surface area contributed by atoms with Gasteiger partial charge in [0.05, 0.1) is 12.2 Å². The second-order valence-electron chi connectivity index (χ2n) is 7.22. The van der Waals surface area contributed by atoms with Crippen LogP contribution in [0.4, 0.5) is 5.69 Å². The first-order valence-corrected chi connectivity index (χ1v) is 9.64. The molecule has 0 heterocycles. The highest BCUT2D eigenvalue weighted by Crippen LogP contribution is 2.25. The van der Waals surface area contributed by atoms with E-state index in [4.69, 9.17) is 9.47 Å². The van der Waals surface area contributed by atoms with Crippen LogP contribution in [-0.2, 0) is 4.74 Å². The predicted octanol–water partition coefficient (Wildman–Crippen LogP) is 4.25. The number of carbonyl (C=O) groups is 2. The van der Waals surface area contributed by atoms with Crippen LogP contribution in [0.25, 0.3) is 0 Å². The maximum Gasteiger partial charge on any atom is 0.259 e. The van der Waals surface area contributed by atoms with Crippen molar-refractivity contribution in [1.29, 1.82) is 0 Å². The molecule has 0 aliphatic rings. The molecule has 28 heavy (non-hydrogen) atoms. The number of hydrogen-bond donors (Lipinski definition) is 2. The van der Waals surface area contributed by atoms with E-state index in [2.05, 4.69) is 26.6 Å². The molecule has 2 aromatic carbocycles. The van der Waals surface area contributed by atoms with Crippen molar-refractivity contribution in [3.8, 4) is 5.75 Å². The Morgan fingerprint density at radius 3 is 2.46 bits per heavy atom. The van der Waals surface area contributed by atoms with E-state index in [-0.39, 0.29) is 17.4 Å². The summed E-state index contributed by atoms with van der Waals surface area (Å²) in [4.78, 5) is 25.1. The normalized spacial score (nSPS) is 11.0. The molecule has 0 radical (unpaired) electrons. The molecule has 0 bridgehead atoms. The van der Waals surface area contributed by atoms with E-state index in [1.807, 2.05) is 20.8 Å². The number of benzene rings is 2. The number of hydrogen-bond acceptors (Lipinski definition) is 4. The second kappa shape index (κ2) is 9.71. The zero-order valence-corrected chi connectivity index (χ0v) is 18.1. The van der Waals surface area contributed by atoms with E-state index in [1.54, 1.807) is 49.6 Å². The van der Waals surface area contributed by atoms with E-state index in [1.165, 1.54) is 0 Å². The first-order chi connectivity index (χ1) is 13.2. The molecule has 2 rings (SSSR count). The molecular formula is C21H25BrN2O4. The van der Waals surface area contributed by atoms with Crippen molar-refractivity contribution in [2.75, 3.05) is 25.6 Å². The van der Waals surface area contributed by atoms with Crippen molar-refractivity contribution in [3.05, 3.63) is 58.1 Å². The molecule has 0 aliphatic heterocycles. The molecule has 0 unspecified atom stereocenters. The summed E-state index contributed by atoms with van der Waals surface area (Å²) in [6.45, 7) is 6.49. The van der Waals surface area contributed by atoms with Gasteiger partial charge in [-0.15, -0.1) is 0 Å². The van der Waals surface area contributed by atoms with Crippen molar-refractivity contribution < 1.29 is 19.1 Å². The fraction of sp³-hybridized carbons (Fsp3) is 0.333. The minimum Gasteiger partial charge on any atom is -0.490 e. The summed E-state index contributed by atoms with van der Waals surface area (Å²) in [5.74, 6) is -0.0730. The summed E-state index contributed by atoms with van der Waals surface area (Å²) in [6.07, 6.45) is 0. The van der Waals surface area contributed by atoms with Gasteiger partial charge in [0.2, 0.25) is 0 Å². The lowest BCUT2D eigenvalue weighted by atomic mass is 10.1. The summed E-state index contributed by atoms with van der Waals surface area (Å²) in [6, 6.07) is 12.0. The maximum atomic E-state index is 12.8. The number of rotatable bonds is 7. The van der Waals surface area contributed by atoms with Gasteiger partial charge in [-0.2, -0.15) is 0 Å². The molecule has 7 heteroatoms. The number of nitrogens with one attached hydrogen (secondary N) is 2. The lowest BCUT2D eigenvalue weighted by Crippen LogP contribution is -2.40. The minimum absolute atomic E-state index is 0.199. The molecule has 2 amide bonds. The fourth-order valence-corrected chi connectivity index (χ4v) is 2.75. The molecule has 0 aliphatic carbocycles. The Kier molecular flexibility index (Phi) is 7.60. The lowest BCUT2D eigenvalue weighted by Gasteiger charge is -2.20. The van der Waals surface area contributed by atoms with E-state index in [0.717, 1.165) is 4.47 Å². The summed E-state index contributed by atoms with van der Waals surface area (Å²) >= 11 is 3.38. The van der Waals surface area contributed by atoms with Crippen molar-refractivity contribution in [2.24, 2.45) is 0 Å². The topological polar surface area (TPSA) is 76.7 Å². The van der Waals surface area contributed by atoms with Crippen LogP contribution in [0.3, 0.4) is 0 Å². The zero-order chi connectivity index (χ0) is 20.7. The van der Waals surface area contributed by atoms with Crippen molar-refractivity contribution in [2.45, 2.75) is 26.3 Å². The lowest BCUT2D eigenvalue weighted by molar-refractivity contribution is 0.0918. The predicted molar refractivity (Wildman–Crippen MR) is 113 cm³/mol. The monoisotopic (exact) mass is 448 g/mol. The minimum atomic E-state index is -0.346. The molecule has 2 aromatic rings. The Morgan fingerprint density at radius 2 is 1.79 bits per heavy atom. The van der Waals surface area contributed by atoms with Crippen molar-refractivity contribution in [3.63, 3.8) is 0 Å². The van der Waals surface area contributed by atoms with Crippen LogP contribution in [-0.4, -0.2) is 37.7 Å². The van der Waals surface area contributed by atoms with Gasteiger partial charge < -0.3 is 20.1 Å². The van der Waals surface area contributed by atoms with Crippen LogP contribution in [0.2, 0.25) is 0 Å². The molecule has 0 saturated carbocycles. The average Bonchev–Trinajstić information content (AvgIpc) is 2.62. The first-order valence-electron chi connectivity index (χ1n) is 8.85. The molecular weight excluding hydrogens is 424 g/mol. The van der Waals surface area contributed by atoms with E-state index in [0.29, 0.717) is 35.8 Å². The van der Waals surface area contributed by atoms with Gasteiger partial charge in [-0.3, -0.25) is 9.59 Å². The number of amides is 2. The van der Waals surface area contributed by atoms with Gasteiger partial charge >= 0.3 is 0 Å². The van der Waals surface area contributed by atoms with Gasteiger partial charge in [0.1, 0.15) is 12.4 Å². The third-order valence-corrected chi connectivity index (χ3v) is 4.10. The van der Waals surface area contributed by atoms with Crippen LogP contribution in [0.1, 0.15) is 41.5 Å². The SMILES string of the molecule is COCCOc1ccc(Br)cc1C(=O)Nc1cccc(C(=O)NC(C)(C)C)c1. The van der Waals surface area contributed by atoms with Crippen LogP contribution >= 0.6 is 15.9 Å². The Balaban J connectivity index is 2.18. The Labute approximate surface area is 173 Å². The van der Waals surface area contributed by atoms with Gasteiger partial charge in [-0.05, 0) is 57.2 Å². The molecule has 0 aromatic heterocycles. The van der Waals surface area contributed by atoms with E-state index in [9.17, 15) is 9.59 Å². The smallest absolute Gasteiger partial charge is 0.259 e. The van der Waals surface area contributed by atoms with Gasteiger partial charge in [0.15, 0.2) is 0 Å². The highest BCUT2D eigenvalue weighted by molar-refractivity contribution is 9.10. The van der Waals surface area contributed by atoms with Crippen LogP contribution in [0, 0.1) is 0 Å². The Bertz CT molecular complexity index is 847. The number of methoxy groups -OCH3 is 1. The highest BCUT2D eigenvalue weighted by atomic mass is 79.9. The fourth-order valence-electron chi connectivity index (χ4n) is 2.39. The molecule has 0 saturated heterocycles. The Morgan fingerprint density at radius 1 is 1.04 bits per heavy atom. The average molecular weight is 449 g/mol. The van der Waals surface area contributed by atoms with Crippen LogP contribution < -0.4 is 15.4 Å². The first kappa shape index (κ1) is 21.9. The maximum absolute atomic E-state index is 12.8. The number of halogens is 1. The molecule has 150 valence electrons. The molecule has 0 atom stereocenters. The summed E-state index contributed by atoms with van der Waals surface area (Å²) < 4.78 is 11.4. The van der Waals surface area contributed by atoms with E-state index >= 15 is 0 Å². The third-order valence-electron chi connectivity index (χ3n) is 3.60. The number of anilines is 1. The van der Waals surface area contributed by atoms with Crippen LogP contribution in [0.15, 0.2) is 46.9 Å². The van der Waals surface area contributed by atoms with Crippen molar-refractivity contribution >= 4 is 33.4 Å². The molecule has 2 N–H and O–H groups in total. The quantitative estimate of drug-likeness (QED) is 0.620. The number of ether oxygens (including phenoxy) is 2. The van der Waals surface area contributed by atoms with Crippen LogP contribution in [0.5, 0.6) is 5.75 Å². The van der Waals surface area contributed by atoms with Gasteiger partial charge in [-0.25, -0.2) is 0 Å². The van der Waals surface area contributed by atoms with Crippen molar-refractivity contribution in [1.82, 2.24) is 5.32 Å². The highest BCUT2D eigenvalue weighted by Gasteiger charge is 2.17. The molecule has 0 spiro atoms. The Hall–Kier alpha value is -2.38. The summed E-state index contributed by atoms with van der Waals surface area (Å²) in [7, 11) is 1.58.